The molecule has 0 heterocycles. The number of anilines is 2. The molecule has 0 saturated heterocycles. The molecule has 0 atom stereocenters. The Morgan fingerprint density at radius 2 is 1.00 bits per heavy atom. The fourth-order valence-corrected chi connectivity index (χ4v) is 2.27. The Kier molecular flexibility index (Phi) is 4.43. The van der Waals surface area contributed by atoms with Gasteiger partial charge in [-0.15, -0.1) is 24.8 Å². The van der Waals surface area contributed by atoms with E-state index in [1.165, 1.54) is 0 Å². The predicted octanol–water partition coefficient (Wildman–Crippen LogP) is 2.47. The highest BCUT2D eigenvalue weighted by Gasteiger charge is 2.32. The lowest BCUT2D eigenvalue weighted by Gasteiger charge is -2.20. The zero-order valence-corrected chi connectivity index (χ0v) is 11.9. The fourth-order valence-electron chi connectivity index (χ4n) is 2.27. The van der Waals surface area contributed by atoms with Crippen LogP contribution in [-0.2, 0) is 0 Å². The molecule has 0 unspecified atom stereocenters. The Morgan fingerprint density at radius 3 is 1.35 bits per heavy atom. The molecule has 3 rings (SSSR count). The molecule has 1 aliphatic rings. The van der Waals surface area contributed by atoms with Gasteiger partial charge in [0.2, 0.25) is 0 Å². The van der Waals surface area contributed by atoms with Gasteiger partial charge in [-0.2, -0.15) is 0 Å². The molecule has 2 aromatic rings. The Bertz CT molecular complexity index is 654. The van der Waals surface area contributed by atoms with Gasteiger partial charge in [-0.25, -0.2) is 0 Å². The Labute approximate surface area is 128 Å². The highest BCUT2D eigenvalue weighted by molar-refractivity contribution is 6.31. The van der Waals surface area contributed by atoms with E-state index < -0.39 is 0 Å². The molecular weight excluding hydrogens is 299 g/mol. The van der Waals surface area contributed by atoms with Crippen molar-refractivity contribution in [3.63, 3.8) is 0 Å². The van der Waals surface area contributed by atoms with Crippen molar-refractivity contribution in [2.75, 3.05) is 11.5 Å². The largest absolute Gasteiger partial charge is 0.398 e. The molecular formula is C14H12Cl2N2O2. The summed E-state index contributed by atoms with van der Waals surface area (Å²) in [4.78, 5) is 24.7. The van der Waals surface area contributed by atoms with Crippen LogP contribution in [0.4, 0.5) is 11.4 Å². The van der Waals surface area contributed by atoms with Gasteiger partial charge in [0, 0.05) is 22.5 Å². The van der Waals surface area contributed by atoms with E-state index >= 15 is 0 Å². The summed E-state index contributed by atoms with van der Waals surface area (Å²) in [7, 11) is 0. The summed E-state index contributed by atoms with van der Waals surface area (Å²) in [5.41, 5.74) is 13.4. The van der Waals surface area contributed by atoms with Crippen LogP contribution < -0.4 is 11.5 Å². The van der Waals surface area contributed by atoms with Crippen molar-refractivity contribution >= 4 is 47.8 Å². The number of fused-ring (bicyclic) bond motifs is 2. The standard InChI is InChI=1S/C14H10N2O2.2ClH/c15-9-5-6-10(16)12-11(9)13(17)7-3-1-2-4-8(7)14(12)18;;/h1-6H,15-16H2;2*1H. The first-order chi connectivity index (χ1) is 8.61. The Hall–Kier alpha value is -2.04. The lowest BCUT2D eigenvalue weighted by atomic mass is 9.82. The molecule has 0 spiro atoms. The maximum absolute atomic E-state index is 12.3. The smallest absolute Gasteiger partial charge is 0.196 e. The monoisotopic (exact) mass is 310 g/mol. The second kappa shape index (κ2) is 5.53. The lowest BCUT2D eigenvalue weighted by Crippen LogP contribution is -2.23. The number of nitrogens with two attached hydrogens (primary N) is 2. The van der Waals surface area contributed by atoms with Crippen LogP contribution in [0.1, 0.15) is 31.8 Å². The van der Waals surface area contributed by atoms with Crippen LogP contribution in [0.2, 0.25) is 0 Å². The summed E-state index contributed by atoms with van der Waals surface area (Å²) in [5, 5.41) is 0. The summed E-state index contributed by atoms with van der Waals surface area (Å²) in [6.07, 6.45) is 0. The maximum Gasteiger partial charge on any atom is 0.196 e. The van der Waals surface area contributed by atoms with E-state index in [-0.39, 0.29) is 58.9 Å². The summed E-state index contributed by atoms with van der Waals surface area (Å²) < 4.78 is 0. The molecule has 4 nitrogen and oxygen atoms in total. The average molecular weight is 311 g/mol. The number of ketones is 2. The van der Waals surface area contributed by atoms with Crippen LogP contribution in [-0.4, -0.2) is 11.6 Å². The van der Waals surface area contributed by atoms with Gasteiger partial charge < -0.3 is 11.5 Å². The van der Waals surface area contributed by atoms with Crippen LogP contribution in [0.3, 0.4) is 0 Å². The van der Waals surface area contributed by atoms with Crippen molar-refractivity contribution in [1.29, 1.82) is 0 Å². The molecule has 6 heteroatoms. The summed E-state index contributed by atoms with van der Waals surface area (Å²) >= 11 is 0. The number of benzene rings is 2. The number of carbonyl (C=O) groups is 2. The van der Waals surface area contributed by atoms with E-state index in [1.807, 2.05) is 0 Å². The maximum atomic E-state index is 12.3. The first-order valence-corrected chi connectivity index (χ1v) is 5.47. The molecule has 0 bridgehead atoms. The normalized spacial score (nSPS) is 11.8. The van der Waals surface area contributed by atoms with Gasteiger partial charge in [0.1, 0.15) is 0 Å². The number of rotatable bonds is 0. The number of carbonyl (C=O) groups excluding carboxylic acids is 2. The molecule has 1 aliphatic carbocycles. The topological polar surface area (TPSA) is 86.2 Å². The SMILES string of the molecule is Cl.Cl.Nc1ccc(N)c2c1C(=O)c1ccccc1C2=O. The van der Waals surface area contributed by atoms with E-state index in [1.54, 1.807) is 36.4 Å². The third-order valence-corrected chi connectivity index (χ3v) is 3.14. The minimum atomic E-state index is -0.245. The lowest BCUT2D eigenvalue weighted by molar-refractivity contribution is 0.0980. The highest BCUT2D eigenvalue weighted by Crippen LogP contribution is 2.33. The number of nitrogen functional groups attached to an aromatic ring is 2. The third-order valence-electron chi connectivity index (χ3n) is 3.14. The van der Waals surface area contributed by atoms with E-state index in [0.29, 0.717) is 11.1 Å². The van der Waals surface area contributed by atoms with E-state index in [0.717, 1.165) is 0 Å². The van der Waals surface area contributed by atoms with Gasteiger partial charge in [0.25, 0.3) is 0 Å². The highest BCUT2D eigenvalue weighted by atomic mass is 35.5. The van der Waals surface area contributed by atoms with Crippen molar-refractivity contribution in [2.45, 2.75) is 0 Å². The van der Waals surface area contributed by atoms with Gasteiger partial charge >= 0.3 is 0 Å². The summed E-state index contributed by atoms with van der Waals surface area (Å²) in [6, 6.07) is 9.79. The molecule has 0 aromatic heterocycles. The van der Waals surface area contributed by atoms with E-state index in [9.17, 15) is 9.59 Å². The first kappa shape index (κ1) is 16.0. The third kappa shape index (κ3) is 2.03. The zero-order valence-electron chi connectivity index (χ0n) is 10.3. The first-order valence-electron chi connectivity index (χ1n) is 5.47. The fraction of sp³-hybridized carbons (Fsp3) is 0. The average Bonchev–Trinajstić information content (AvgIpc) is 2.38. The van der Waals surface area contributed by atoms with Crippen molar-refractivity contribution in [1.82, 2.24) is 0 Å². The second-order valence-corrected chi connectivity index (χ2v) is 4.20. The molecule has 0 saturated carbocycles. The molecule has 0 aliphatic heterocycles. The zero-order chi connectivity index (χ0) is 12.9. The van der Waals surface area contributed by atoms with Crippen molar-refractivity contribution in [2.24, 2.45) is 0 Å². The van der Waals surface area contributed by atoms with Crippen LogP contribution in [0, 0.1) is 0 Å². The number of halogens is 2. The van der Waals surface area contributed by atoms with Crippen molar-refractivity contribution in [3.05, 3.63) is 58.7 Å². The van der Waals surface area contributed by atoms with Gasteiger partial charge in [-0.1, -0.05) is 24.3 Å². The van der Waals surface area contributed by atoms with E-state index in [2.05, 4.69) is 0 Å². The van der Waals surface area contributed by atoms with Crippen LogP contribution >= 0.6 is 24.8 Å². The molecule has 4 N–H and O–H groups in total. The van der Waals surface area contributed by atoms with Crippen molar-refractivity contribution in [3.8, 4) is 0 Å². The quantitative estimate of drug-likeness (QED) is 0.624. The Morgan fingerprint density at radius 1 is 0.650 bits per heavy atom. The molecule has 0 amide bonds. The number of hydrogen-bond donors (Lipinski definition) is 2. The molecule has 2 aromatic carbocycles. The van der Waals surface area contributed by atoms with Crippen LogP contribution in [0.25, 0.3) is 0 Å². The number of hydrogen-bond acceptors (Lipinski definition) is 4. The molecule has 104 valence electrons. The van der Waals surface area contributed by atoms with Gasteiger partial charge in [0.15, 0.2) is 11.6 Å². The minimum Gasteiger partial charge on any atom is -0.398 e. The van der Waals surface area contributed by atoms with Crippen LogP contribution in [0.15, 0.2) is 36.4 Å². The summed E-state index contributed by atoms with van der Waals surface area (Å²) in [5.74, 6) is -0.491. The van der Waals surface area contributed by atoms with Gasteiger partial charge in [0.05, 0.1) is 11.1 Å². The van der Waals surface area contributed by atoms with Gasteiger partial charge in [-0.05, 0) is 12.1 Å². The van der Waals surface area contributed by atoms with Crippen molar-refractivity contribution < 1.29 is 9.59 Å². The molecule has 20 heavy (non-hydrogen) atoms. The summed E-state index contributed by atoms with van der Waals surface area (Å²) in [6.45, 7) is 0. The molecule has 0 radical (unpaired) electrons. The predicted molar refractivity (Wildman–Crippen MR) is 83.1 cm³/mol. The van der Waals surface area contributed by atoms with Gasteiger partial charge in [-0.3, -0.25) is 9.59 Å². The van der Waals surface area contributed by atoms with E-state index in [4.69, 9.17) is 11.5 Å². The second-order valence-electron chi connectivity index (χ2n) is 4.20. The molecule has 0 fully saturated rings. The minimum absolute atomic E-state index is 0. The van der Waals surface area contributed by atoms with Crippen LogP contribution in [0.5, 0.6) is 0 Å². The Balaban J connectivity index is 0.000001000.